The second kappa shape index (κ2) is 24.7. The summed E-state index contributed by atoms with van der Waals surface area (Å²) in [5.41, 5.74) is -2.28. The molecule has 1 aliphatic heterocycles. The van der Waals surface area contributed by atoms with Gasteiger partial charge in [0.15, 0.2) is 23.0 Å². The summed E-state index contributed by atoms with van der Waals surface area (Å²) >= 11 is 0. The summed E-state index contributed by atoms with van der Waals surface area (Å²) in [7, 11) is 0. The SMILES string of the molecule is CCCCC/C=C\C/C=C\CCCCCCCc1c(O)c(O)cc2c1[C@@]1(C(=O)O2)C(=O)C(O)=C(CCCCCCC/C=C\CCCCCCCC)C1=O. The predicted molar refractivity (Wildman–Crippen MR) is 215 cm³/mol. The number of hydrogen-bond donors (Lipinski definition) is 3. The lowest BCUT2D eigenvalue weighted by Crippen LogP contribution is -2.46. The molecular weight excluding hydrogens is 664 g/mol. The minimum absolute atomic E-state index is 0.0246. The Labute approximate surface area is 319 Å². The van der Waals surface area contributed by atoms with Gasteiger partial charge in [-0.2, -0.15) is 0 Å². The van der Waals surface area contributed by atoms with Crippen molar-refractivity contribution >= 4 is 17.5 Å². The lowest BCUT2D eigenvalue weighted by molar-refractivity contribution is -0.146. The largest absolute Gasteiger partial charge is 0.504 e. The molecule has 0 fully saturated rings. The van der Waals surface area contributed by atoms with E-state index in [1.54, 1.807) is 0 Å². The van der Waals surface area contributed by atoms with Crippen molar-refractivity contribution in [2.24, 2.45) is 0 Å². The van der Waals surface area contributed by atoms with E-state index in [-0.39, 0.29) is 35.3 Å². The van der Waals surface area contributed by atoms with Crippen LogP contribution in [0.5, 0.6) is 17.2 Å². The third-order valence-electron chi connectivity index (χ3n) is 10.8. The van der Waals surface area contributed by atoms with E-state index in [2.05, 4.69) is 50.3 Å². The monoisotopic (exact) mass is 732 g/mol. The number of aromatic hydroxyl groups is 2. The molecule has 1 atom stereocenters. The van der Waals surface area contributed by atoms with Gasteiger partial charge in [-0.3, -0.25) is 9.59 Å². The Kier molecular flexibility index (Phi) is 20.4. The van der Waals surface area contributed by atoms with Gasteiger partial charge in [-0.15, -0.1) is 0 Å². The first-order valence-corrected chi connectivity index (χ1v) is 21.1. The third kappa shape index (κ3) is 12.7. The van der Waals surface area contributed by atoms with E-state index in [0.717, 1.165) is 89.5 Å². The maximum absolute atomic E-state index is 14.0. The first kappa shape index (κ1) is 43.8. The molecular formula is C46H68O7. The Morgan fingerprint density at radius 2 is 1.02 bits per heavy atom. The highest BCUT2D eigenvalue weighted by molar-refractivity contribution is 6.42. The fourth-order valence-electron chi connectivity index (χ4n) is 7.58. The van der Waals surface area contributed by atoms with E-state index in [0.29, 0.717) is 12.8 Å². The molecule has 3 rings (SSSR count). The van der Waals surface area contributed by atoms with Crippen LogP contribution in [0.2, 0.25) is 0 Å². The highest BCUT2D eigenvalue weighted by atomic mass is 16.5. The van der Waals surface area contributed by atoms with Crippen molar-refractivity contribution in [3.05, 3.63) is 65.0 Å². The van der Waals surface area contributed by atoms with Crippen LogP contribution in [0.3, 0.4) is 0 Å². The van der Waals surface area contributed by atoms with Crippen LogP contribution in [0.25, 0.3) is 0 Å². The number of rotatable bonds is 29. The van der Waals surface area contributed by atoms with Gasteiger partial charge in [-0.05, 0) is 83.5 Å². The van der Waals surface area contributed by atoms with Crippen molar-refractivity contribution in [3.8, 4) is 17.2 Å². The summed E-state index contributed by atoms with van der Waals surface area (Å²) < 4.78 is 5.41. The Morgan fingerprint density at radius 3 is 1.58 bits per heavy atom. The normalized spacial score (nSPS) is 17.2. The van der Waals surface area contributed by atoms with Gasteiger partial charge in [-0.25, -0.2) is 4.79 Å². The topological polar surface area (TPSA) is 121 Å². The second-order valence-corrected chi connectivity index (χ2v) is 15.0. The summed E-state index contributed by atoms with van der Waals surface area (Å²) in [6.45, 7) is 4.45. The van der Waals surface area contributed by atoms with Crippen molar-refractivity contribution in [1.29, 1.82) is 0 Å². The fraction of sp³-hybridized carbons (Fsp3) is 0.630. The molecule has 1 aromatic carbocycles. The van der Waals surface area contributed by atoms with Crippen LogP contribution in [-0.2, 0) is 26.2 Å². The number of carbonyl (C=O) groups is 3. The Hall–Kier alpha value is -3.61. The lowest BCUT2D eigenvalue weighted by Gasteiger charge is -2.20. The van der Waals surface area contributed by atoms with Crippen LogP contribution >= 0.6 is 0 Å². The van der Waals surface area contributed by atoms with Crippen LogP contribution in [-0.4, -0.2) is 32.9 Å². The zero-order valence-electron chi connectivity index (χ0n) is 32.9. The molecule has 7 heteroatoms. The van der Waals surface area contributed by atoms with Gasteiger partial charge in [0.05, 0.1) is 0 Å². The molecule has 0 saturated heterocycles. The number of hydrogen-bond acceptors (Lipinski definition) is 7. The third-order valence-corrected chi connectivity index (χ3v) is 10.8. The predicted octanol–water partition coefficient (Wildman–Crippen LogP) is 12.2. The van der Waals surface area contributed by atoms with E-state index in [4.69, 9.17) is 4.74 Å². The highest BCUT2D eigenvalue weighted by Crippen LogP contribution is 2.53. The fourth-order valence-corrected chi connectivity index (χ4v) is 7.58. The average Bonchev–Trinajstić information content (AvgIpc) is 3.54. The number of aliphatic hydroxyl groups is 1. The van der Waals surface area contributed by atoms with E-state index in [1.165, 1.54) is 57.8 Å². The molecule has 0 radical (unpaired) electrons. The first-order valence-electron chi connectivity index (χ1n) is 21.1. The first-order chi connectivity index (χ1) is 25.8. The summed E-state index contributed by atoms with van der Waals surface area (Å²) in [6, 6.07) is 1.08. The zero-order valence-corrected chi connectivity index (χ0v) is 32.9. The molecule has 2 aliphatic rings. The zero-order chi connectivity index (χ0) is 38.3. The number of unbranched alkanes of at least 4 members (excludes halogenated alkanes) is 19. The number of ether oxygens (including phenoxy) is 1. The number of esters is 1. The minimum Gasteiger partial charge on any atom is -0.504 e. The standard InChI is InChI=1S/C46H68O7/c1-3-5-7-9-11-13-15-17-19-21-23-25-27-29-31-33-36-40-39(35-38(47)41(36)48)53-45(52)46(40)43(50)37(42(49)44(46)51)34-32-30-28-26-24-22-20-18-16-14-12-10-8-6-4-2/h11,13,17-20,35,47-49H,3-10,12,14-16,21-34H2,1-2H3/b13-11-,19-17-,20-18-/t46-/m0/s1. The summed E-state index contributed by atoms with van der Waals surface area (Å²) in [4.78, 5) is 41.0. The second-order valence-electron chi connectivity index (χ2n) is 15.0. The number of benzene rings is 1. The molecule has 294 valence electrons. The van der Waals surface area contributed by atoms with Crippen LogP contribution in [0, 0.1) is 0 Å². The maximum Gasteiger partial charge on any atom is 0.338 e. The summed E-state index contributed by atoms with van der Waals surface area (Å²) in [6.07, 6.45) is 40.0. The number of Topliss-reactive ketones (excluding diaryl/α,β-unsaturated/α-hetero) is 2. The van der Waals surface area contributed by atoms with E-state index < -0.39 is 40.2 Å². The number of phenolic OH excluding ortho intramolecular Hbond substituents is 2. The molecule has 53 heavy (non-hydrogen) atoms. The van der Waals surface area contributed by atoms with Gasteiger partial charge in [0, 0.05) is 22.8 Å². The van der Waals surface area contributed by atoms with Gasteiger partial charge in [0.25, 0.3) is 0 Å². The van der Waals surface area contributed by atoms with Crippen LogP contribution in [0.15, 0.2) is 53.9 Å². The molecule has 0 unspecified atom stereocenters. The van der Waals surface area contributed by atoms with E-state index in [9.17, 15) is 29.7 Å². The molecule has 1 aliphatic carbocycles. The number of fused-ring (bicyclic) bond motifs is 2. The number of carbonyl (C=O) groups excluding carboxylic acids is 3. The molecule has 0 aromatic heterocycles. The highest BCUT2D eigenvalue weighted by Gasteiger charge is 2.67. The molecule has 7 nitrogen and oxygen atoms in total. The van der Waals surface area contributed by atoms with Gasteiger partial charge >= 0.3 is 5.97 Å². The van der Waals surface area contributed by atoms with Gasteiger partial charge in [-0.1, -0.05) is 134 Å². The number of aliphatic hydroxyl groups excluding tert-OH is 1. The van der Waals surface area contributed by atoms with Crippen molar-refractivity contribution in [2.45, 2.75) is 186 Å². The number of phenols is 2. The summed E-state index contributed by atoms with van der Waals surface area (Å²) in [5, 5.41) is 32.3. The molecule has 3 N–H and O–H groups in total. The number of allylic oxidation sites excluding steroid dienone is 8. The van der Waals surface area contributed by atoms with Gasteiger partial charge in [0.1, 0.15) is 5.75 Å². The van der Waals surface area contributed by atoms with E-state index in [1.807, 2.05) is 0 Å². The summed E-state index contributed by atoms with van der Waals surface area (Å²) in [5.74, 6) is -4.59. The molecule has 0 amide bonds. The molecule has 0 saturated carbocycles. The van der Waals surface area contributed by atoms with Crippen LogP contribution in [0.4, 0.5) is 0 Å². The Morgan fingerprint density at radius 1 is 0.566 bits per heavy atom. The van der Waals surface area contributed by atoms with Gasteiger partial charge in [0.2, 0.25) is 11.2 Å². The molecule has 1 aromatic rings. The maximum atomic E-state index is 14.0. The molecule has 0 bridgehead atoms. The Bertz CT molecular complexity index is 1430. The van der Waals surface area contributed by atoms with Crippen molar-refractivity contribution in [3.63, 3.8) is 0 Å². The van der Waals surface area contributed by atoms with Gasteiger partial charge < -0.3 is 20.1 Å². The minimum atomic E-state index is -2.37. The molecule has 1 heterocycles. The lowest BCUT2D eigenvalue weighted by atomic mass is 9.73. The van der Waals surface area contributed by atoms with E-state index >= 15 is 0 Å². The van der Waals surface area contributed by atoms with Crippen molar-refractivity contribution in [1.82, 2.24) is 0 Å². The smallest absolute Gasteiger partial charge is 0.338 e. The number of ketones is 2. The Balaban J connectivity index is 1.45. The van der Waals surface area contributed by atoms with Crippen LogP contribution in [0.1, 0.15) is 185 Å². The quantitative estimate of drug-likeness (QED) is 0.0187. The molecule has 1 spiro atoms. The van der Waals surface area contributed by atoms with Crippen molar-refractivity contribution < 1.29 is 34.4 Å². The average molecular weight is 733 g/mol. The van der Waals surface area contributed by atoms with Crippen molar-refractivity contribution in [2.75, 3.05) is 0 Å². The van der Waals surface area contributed by atoms with Crippen LogP contribution < -0.4 is 4.74 Å².